The quantitative estimate of drug-likeness (QED) is 0.394. The number of thioether (sulfide) groups is 1. The van der Waals surface area contributed by atoms with Gasteiger partial charge in [-0.25, -0.2) is 13.4 Å². The van der Waals surface area contributed by atoms with E-state index in [4.69, 9.17) is 10.7 Å². The molecule has 38 heavy (non-hydrogen) atoms. The van der Waals surface area contributed by atoms with E-state index in [0.717, 1.165) is 11.8 Å². The van der Waals surface area contributed by atoms with Gasteiger partial charge in [0.25, 0.3) is 0 Å². The summed E-state index contributed by atoms with van der Waals surface area (Å²) in [6.07, 6.45) is 2.98. The van der Waals surface area contributed by atoms with Gasteiger partial charge in [0.2, 0.25) is 15.9 Å². The molecule has 12 heteroatoms. The molecule has 0 radical (unpaired) electrons. The van der Waals surface area contributed by atoms with Crippen molar-refractivity contribution >= 4 is 39.2 Å². The number of benzene rings is 1. The van der Waals surface area contributed by atoms with E-state index in [1.54, 1.807) is 26.0 Å². The van der Waals surface area contributed by atoms with E-state index in [-0.39, 0.29) is 11.9 Å². The SMILES string of the molecule is CCc1c(C#N)c(SCc2ccc(NS(C)(=O)=O)cc2)nc(N2CCC(NC(=O)C(C)(C)N)CC2)c1C#N. The smallest absolute Gasteiger partial charge is 0.239 e. The first-order chi connectivity index (χ1) is 17.9. The lowest BCUT2D eigenvalue weighted by atomic mass is 9.99. The second kappa shape index (κ2) is 12.0. The summed E-state index contributed by atoms with van der Waals surface area (Å²) < 4.78 is 25.3. The van der Waals surface area contributed by atoms with Crippen LogP contribution in [0.25, 0.3) is 0 Å². The van der Waals surface area contributed by atoms with E-state index in [0.29, 0.717) is 71.3 Å². The molecule has 0 bridgehead atoms. The standard InChI is InChI=1S/C26H33N7O3S2/c1-5-20-21(14-27)23(33-12-10-18(11-13-33)30-25(34)26(2,3)29)31-24(22(20)15-28)37-16-17-6-8-19(9-7-17)32-38(4,35)36/h6-9,18,32H,5,10-13,16,29H2,1-4H3,(H,30,34). The van der Waals surface area contributed by atoms with Gasteiger partial charge in [-0.05, 0) is 56.4 Å². The molecule has 0 saturated carbocycles. The Morgan fingerprint density at radius 1 is 1.18 bits per heavy atom. The Morgan fingerprint density at radius 2 is 1.79 bits per heavy atom. The number of hydrogen-bond acceptors (Lipinski definition) is 9. The van der Waals surface area contributed by atoms with Crippen molar-refractivity contribution in [3.63, 3.8) is 0 Å². The zero-order valence-electron chi connectivity index (χ0n) is 22.0. The number of piperidine rings is 1. The zero-order valence-corrected chi connectivity index (χ0v) is 23.7. The molecule has 1 aromatic carbocycles. The van der Waals surface area contributed by atoms with Crippen molar-refractivity contribution in [3.8, 4) is 12.1 Å². The first-order valence-corrected chi connectivity index (χ1v) is 15.1. The number of nitrogens with one attached hydrogen (secondary N) is 2. The molecular formula is C26H33N7O3S2. The number of sulfonamides is 1. The number of nitrogens with two attached hydrogens (primary N) is 1. The molecule has 202 valence electrons. The van der Waals surface area contributed by atoms with Gasteiger partial charge in [0, 0.05) is 30.6 Å². The van der Waals surface area contributed by atoms with Gasteiger partial charge in [-0.3, -0.25) is 9.52 Å². The Kier molecular flexibility index (Phi) is 9.26. The molecule has 0 unspecified atom stereocenters. The number of aromatic nitrogens is 1. The Morgan fingerprint density at radius 3 is 2.29 bits per heavy atom. The number of rotatable bonds is 9. The number of hydrogen-bond donors (Lipinski definition) is 3. The third kappa shape index (κ3) is 7.38. The number of amides is 1. The minimum absolute atomic E-state index is 0.00913. The third-order valence-corrected chi connectivity index (χ3v) is 7.83. The van der Waals surface area contributed by atoms with Crippen LogP contribution in [0.2, 0.25) is 0 Å². The maximum absolute atomic E-state index is 12.3. The monoisotopic (exact) mass is 555 g/mol. The molecule has 3 rings (SSSR count). The predicted octanol–water partition coefficient (Wildman–Crippen LogP) is 2.87. The summed E-state index contributed by atoms with van der Waals surface area (Å²) in [7, 11) is -3.36. The van der Waals surface area contributed by atoms with Gasteiger partial charge in [-0.2, -0.15) is 10.5 Å². The normalized spacial score (nSPS) is 14.4. The van der Waals surface area contributed by atoms with Crippen molar-refractivity contribution in [2.24, 2.45) is 5.73 Å². The number of nitrogens with zero attached hydrogens (tertiary/aromatic N) is 4. The molecule has 0 spiro atoms. The highest BCUT2D eigenvalue weighted by Gasteiger charge is 2.29. The number of pyridine rings is 1. The average Bonchev–Trinajstić information content (AvgIpc) is 2.86. The Bertz CT molecular complexity index is 1360. The second-order valence-electron chi connectivity index (χ2n) is 9.86. The van der Waals surface area contributed by atoms with Crippen LogP contribution < -0.4 is 20.7 Å². The van der Waals surface area contributed by atoms with Gasteiger partial charge < -0.3 is 16.0 Å². The van der Waals surface area contributed by atoms with E-state index >= 15 is 0 Å². The van der Waals surface area contributed by atoms with Crippen molar-refractivity contribution in [2.75, 3.05) is 29.0 Å². The molecule has 10 nitrogen and oxygen atoms in total. The first kappa shape index (κ1) is 29.2. The molecular weight excluding hydrogens is 522 g/mol. The van der Waals surface area contributed by atoms with Crippen LogP contribution in [-0.2, 0) is 27.0 Å². The minimum atomic E-state index is -3.36. The summed E-state index contributed by atoms with van der Waals surface area (Å²) in [6.45, 7) is 6.46. The summed E-state index contributed by atoms with van der Waals surface area (Å²) in [4.78, 5) is 19.1. The molecule has 1 amide bonds. The number of carbonyl (C=O) groups is 1. The van der Waals surface area contributed by atoms with Gasteiger partial charge in [0.15, 0.2) is 0 Å². The summed E-state index contributed by atoms with van der Waals surface area (Å²) in [6, 6.07) is 11.5. The molecule has 2 heterocycles. The summed E-state index contributed by atoms with van der Waals surface area (Å²) in [5.74, 6) is 0.873. The highest BCUT2D eigenvalue weighted by molar-refractivity contribution is 7.98. The largest absolute Gasteiger partial charge is 0.355 e. The lowest BCUT2D eigenvalue weighted by Crippen LogP contribution is -2.54. The fraction of sp³-hybridized carbons (Fsp3) is 0.462. The van der Waals surface area contributed by atoms with E-state index in [9.17, 15) is 23.7 Å². The van der Waals surface area contributed by atoms with Crippen LogP contribution in [0.3, 0.4) is 0 Å². The first-order valence-electron chi connectivity index (χ1n) is 12.3. The van der Waals surface area contributed by atoms with Crippen LogP contribution in [0, 0.1) is 22.7 Å². The van der Waals surface area contributed by atoms with E-state index in [1.165, 1.54) is 11.8 Å². The Balaban J connectivity index is 1.82. The molecule has 2 aromatic rings. The fourth-order valence-corrected chi connectivity index (χ4v) is 5.68. The van der Waals surface area contributed by atoms with Crippen LogP contribution >= 0.6 is 11.8 Å². The molecule has 1 aliphatic heterocycles. The maximum Gasteiger partial charge on any atom is 0.239 e. The maximum atomic E-state index is 12.3. The summed E-state index contributed by atoms with van der Waals surface area (Å²) in [5.41, 5.74) is 7.85. The summed E-state index contributed by atoms with van der Waals surface area (Å²) >= 11 is 1.40. The van der Waals surface area contributed by atoms with Gasteiger partial charge in [0.05, 0.1) is 22.9 Å². The van der Waals surface area contributed by atoms with E-state index in [1.807, 2.05) is 24.0 Å². The van der Waals surface area contributed by atoms with Crippen molar-refractivity contribution in [1.29, 1.82) is 10.5 Å². The number of nitriles is 2. The second-order valence-corrected chi connectivity index (χ2v) is 12.6. The van der Waals surface area contributed by atoms with Crippen LogP contribution in [0.1, 0.15) is 55.9 Å². The van der Waals surface area contributed by atoms with Gasteiger partial charge in [0.1, 0.15) is 23.0 Å². The molecule has 4 N–H and O–H groups in total. The van der Waals surface area contributed by atoms with Gasteiger partial charge >= 0.3 is 0 Å². The minimum Gasteiger partial charge on any atom is -0.355 e. The van der Waals surface area contributed by atoms with E-state index in [2.05, 4.69) is 22.2 Å². The third-order valence-electron chi connectivity index (χ3n) is 6.17. The van der Waals surface area contributed by atoms with Gasteiger partial charge in [-0.15, -0.1) is 11.8 Å². The lowest BCUT2D eigenvalue weighted by molar-refractivity contribution is -0.126. The van der Waals surface area contributed by atoms with Crippen molar-refractivity contribution < 1.29 is 13.2 Å². The molecule has 1 aliphatic rings. The highest BCUT2D eigenvalue weighted by Crippen LogP contribution is 2.34. The topological polar surface area (TPSA) is 165 Å². The molecule has 1 aromatic heterocycles. The lowest BCUT2D eigenvalue weighted by Gasteiger charge is -2.35. The highest BCUT2D eigenvalue weighted by atomic mass is 32.2. The zero-order chi connectivity index (χ0) is 28.1. The van der Waals surface area contributed by atoms with Crippen molar-refractivity contribution in [1.82, 2.24) is 10.3 Å². The Labute approximate surface area is 228 Å². The van der Waals surface area contributed by atoms with Crippen molar-refractivity contribution in [3.05, 3.63) is 46.5 Å². The number of anilines is 2. The van der Waals surface area contributed by atoms with Crippen molar-refractivity contribution in [2.45, 2.75) is 62.4 Å². The summed E-state index contributed by atoms with van der Waals surface area (Å²) in [5, 5.41) is 23.5. The average molecular weight is 556 g/mol. The number of carbonyl (C=O) groups excluding carboxylic acids is 1. The van der Waals surface area contributed by atoms with Crippen LogP contribution in [0.4, 0.5) is 11.5 Å². The van der Waals surface area contributed by atoms with Crippen LogP contribution in [0.15, 0.2) is 29.3 Å². The van der Waals surface area contributed by atoms with Crippen LogP contribution in [0.5, 0.6) is 0 Å². The fourth-order valence-electron chi connectivity index (χ4n) is 4.16. The predicted molar refractivity (Wildman–Crippen MR) is 149 cm³/mol. The van der Waals surface area contributed by atoms with Crippen LogP contribution in [-0.4, -0.2) is 50.2 Å². The molecule has 1 saturated heterocycles. The van der Waals surface area contributed by atoms with E-state index < -0.39 is 15.6 Å². The van der Waals surface area contributed by atoms with Gasteiger partial charge in [-0.1, -0.05) is 19.1 Å². The Hall–Kier alpha value is -3.32. The molecule has 1 fully saturated rings. The molecule has 0 aliphatic carbocycles. The molecule has 0 atom stereocenters.